The smallest absolute Gasteiger partial charge is 0.248 e. The first-order chi connectivity index (χ1) is 13.1. The summed E-state index contributed by atoms with van der Waals surface area (Å²) in [6, 6.07) is 8.09. The monoisotopic (exact) mass is 446 g/mol. The maximum absolute atomic E-state index is 12.8. The molecule has 2 rings (SSSR count). The molecule has 152 valence electrons. The van der Waals surface area contributed by atoms with Crippen LogP contribution in [-0.2, 0) is 14.8 Å². The summed E-state index contributed by atoms with van der Waals surface area (Å²) in [7, 11) is -0.888. The highest BCUT2D eigenvalue weighted by Crippen LogP contribution is 2.36. The molecule has 0 radical (unpaired) electrons. The van der Waals surface area contributed by atoms with Crippen molar-refractivity contribution in [3.8, 4) is 11.5 Å². The lowest BCUT2D eigenvalue weighted by Gasteiger charge is -2.28. The predicted octanol–water partition coefficient (Wildman–Crippen LogP) is 3.80. The first-order valence-electron chi connectivity index (χ1n) is 8.05. The van der Waals surface area contributed by atoms with Crippen LogP contribution in [-0.4, -0.2) is 40.8 Å². The Morgan fingerprint density at radius 1 is 1.07 bits per heavy atom. The summed E-state index contributed by atoms with van der Waals surface area (Å²) in [5.41, 5.74) is 0.611. The summed E-state index contributed by atoms with van der Waals surface area (Å²) in [5, 5.41) is 3.42. The average Bonchev–Trinajstić information content (AvgIpc) is 2.63. The highest BCUT2D eigenvalue weighted by molar-refractivity contribution is 7.92. The van der Waals surface area contributed by atoms with Gasteiger partial charge in [-0.1, -0.05) is 23.2 Å². The summed E-state index contributed by atoms with van der Waals surface area (Å²) < 4.78 is 36.1. The van der Waals surface area contributed by atoms with E-state index in [1.54, 1.807) is 12.1 Å². The zero-order chi connectivity index (χ0) is 21.1. The molecule has 0 bridgehead atoms. The molecule has 0 fully saturated rings. The topological polar surface area (TPSA) is 84.9 Å². The second-order valence-electron chi connectivity index (χ2n) is 5.89. The van der Waals surface area contributed by atoms with Crippen LogP contribution in [0.1, 0.15) is 6.92 Å². The molecule has 0 heterocycles. The van der Waals surface area contributed by atoms with Crippen LogP contribution in [0.4, 0.5) is 11.4 Å². The second kappa shape index (κ2) is 8.89. The number of anilines is 2. The van der Waals surface area contributed by atoms with Crippen LogP contribution < -0.4 is 19.1 Å². The summed E-state index contributed by atoms with van der Waals surface area (Å²) in [4.78, 5) is 12.8. The van der Waals surface area contributed by atoms with Crippen LogP contribution in [0.2, 0.25) is 10.0 Å². The number of nitrogens with one attached hydrogen (secondary N) is 1. The Bertz CT molecular complexity index is 965. The molecule has 0 unspecified atom stereocenters. The molecule has 1 N–H and O–H groups in total. The van der Waals surface area contributed by atoms with E-state index in [4.69, 9.17) is 32.7 Å². The van der Waals surface area contributed by atoms with Crippen LogP contribution in [0.15, 0.2) is 36.4 Å². The van der Waals surface area contributed by atoms with Crippen molar-refractivity contribution in [2.75, 3.05) is 30.1 Å². The molecule has 0 aromatic heterocycles. The standard InChI is InChI=1S/C18H20Cl2N2O5S/c1-11(22(28(4,24)25)13-7-5-12(19)6-8-13)18(23)21-15-10-16(26-2)14(20)9-17(15)27-3/h5-11H,1-4H3,(H,21,23)/t11-/m0/s1. The number of carbonyl (C=O) groups is 1. The highest BCUT2D eigenvalue weighted by atomic mass is 35.5. The number of sulfonamides is 1. The Morgan fingerprint density at radius 3 is 2.14 bits per heavy atom. The fourth-order valence-electron chi connectivity index (χ4n) is 2.59. The first-order valence-corrected chi connectivity index (χ1v) is 10.7. The molecule has 2 aromatic carbocycles. The molecule has 2 aromatic rings. The Kier molecular flexibility index (Phi) is 7.03. The van der Waals surface area contributed by atoms with Gasteiger partial charge in [-0.25, -0.2) is 8.42 Å². The maximum atomic E-state index is 12.8. The van der Waals surface area contributed by atoms with E-state index in [0.717, 1.165) is 10.6 Å². The fraction of sp³-hybridized carbons (Fsp3) is 0.278. The van der Waals surface area contributed by atoms with Crippen LogP contribution in [0.3, 0.4) is 0 Å². The van der Waals surface area contributed by atoms with E-state index >= 15 is 0 Å². The zero-order valence-electron chi connectivity index (χ0n) is 15.7. The molecular weight excluding hydrogens is 427 g/mol. The number of benzene rings is 2. The van der Waals surface area contributed by atoms with Crippen LogP contribution in [0, 0.1) is 0 Å². The van der Waals surface area contributed by atoms with Crippen molar-refractivity contribution >= 4 is 50.5 Å². The number of methoxy groups -OCH3 is 2. The second-order valence-corrected chi connectivity index (χ2v) is 8.59. The molecule has 0 saturated heterocycles. The van der Waals surface area contributed by atoms with Gasteiger partial charge >= 0.3 is 0 Å². The maximum Gasteiger partial charge on any atom is 0.248 e. The van der Waals surface area contributed by atoms with E-state index in [9.17, 15) is 13.2 Å². The van der Waals surface area contributed by atoms with Gasteiger partial charge in [-0.05, 0) is 31.2 Å². The fourth-order valence-corrected chi connectivity index (χ4v) is 4.12. The van der Waals surface area contributed by atoms with Crippen molar-refractivity contribution in [1.29, 1.82) is 0 Å². The first kappa shape index (κ1) is 22.1. The predicted molar refractivity (Wildman–Crippen MR) is 111 cm³/mol. The van der Waals surface area contributed by atoms with Crippen molar-refractivity contribution in [1.82, 2.24) is 0 Å². The van der Waals surface area contributed by atoms with Crippen molar-refractivity contribution in [2.45, 2.75) is 13.0 Å². The summed E-state index contributed by atoms with van der Waals surface area (Å²) in [6.07, 6.45) is 1.03. The SMILES string of the molecule is COc1cc(NC(=O)[C@H](C)N(c2ccc(Cl)cc2)S(C)(=O)=O)c(OC)cc1Cl. The third-order valence-electron chi connectivity index (χ3n) is 3.90. The van der Waals surface area contributed by atoms with Crippen molar-refractivity contribution < 1.29 is 22.7 Å². The number of rotatable bonds is 7. The van der Waals surface area contributed by atoms with Gasteiger partial charge < -0.3 is 14.8 Å². The number of hydrogen-bond donors (Lipinski definition) is 1. The number of halogens is 2. The molecule has 0 spiro atoms. The van der Waals surface area contributed by atoms with E-state index in [1.165, 1.54) is 45.4 Å². The molecule has 1 amide bonds. The van der Waals surface area contributed by atoms with Gasteiger partial charge in [0, 0.05) is 17.2 Å². The van der Waals surface area contributed by atoms with E-state index in [-0.39, 0.29) is 0 Å². The minimum Gasteiger partial charge on any atom is -0.495 e. The highest BCUT2D eigenvalue weighted by Gasteiger charge is 2.29. The summed E-state index contributed by atoms with van der Waals surface area (Å²) in [5.74, 6) is 0.0786. The number of carbonyl (C=O) groups excluding carboxylic acids is 1. The molecule has 0 aliphatic carbocycles. The van der Waals surface area contributed by atoms with Crippen LogP contribution in [0.25, 0.3) is 0 Å². The van der Waals surface area contributed by atoms with Gasteiger partial charge in [-0.2, -0.15) is 0 Å². The molecule has 1 atom stereocenters. The molecule has 0 saturated carbocycles. The lowest BCUT2D eigenvalue weighted by atomic mass is 10.2. The van der Waals surface area contributed by atoms with Gasteiger partial charge in [0.15, 0.2) is 0 Å². The quantitative estimate of drug-likeness (QED) is 0.698. The zero-order valence-corrected chi connectivity index (χ0v) is 18.0. The average molecular weight is 447 g/mol. The third kappa shape index (κ3) is 5.01. The summed E-state index contributed by atoms with van der Waals surface area (Å²) >= 11 is 11.9. The molecule has 0 aliphatic heterocycles. The molecule has 7 nitrogen and oxygen atoms in total. The van der Waals surface area contributed by atoms with E-state index in [1.807, 2.05) is 0 Å². The van der Waals surface area contributed by atoms with Crippen LogP contribution >= 0.6 is 23.2 Å². The van der Waals surface area contributed by atoms with Gasteiger partial charge in [-0.15, -0.1) is 0 Å². The lowest BCUT2D eigenvalue weighted by Crippen LogP contribution is -2.45. The van der Waals surface area contributed by atoms with E-state index in [2.05, 4.69) is 5.32 Å². The minimum atomic E-state index is -3.75. The number of amides is 1. The number of hydrogen-bond acceptors (Lipinski definition) is 5. The van der Waals surface area contributed by atoms with Gasteiger partial charge in [0.1, 0.15) is 17.5 Å². The normalized spacial score (nSPS) is 12.2. The van der Waals surface area contributed by atoms with Crippen molar-refractivity contribution in [2.24, 2.45) is 0 Å². The Hall–Kier alpha value is -2.16. The number of ether oxygens (including phenoxy) is 2. The van der Waals surface area contributed by atoms with Gasteiger partial charge in [0.25, 0.3) is 0 Å². The van der Waals surface area contributed by atoms with Crippen LogP contribution in [0.5, 0.6) is 11.5 Å². The lowest BCUT2D eigenvalue weighted by molar-refractivity contribution is -0.116. The molecule has 0 aliphatic rings. The third-order valence-corrected chi connectivity index (χ3v) is 5.69. The molecular formula is C18H20Cl2N2O5S. The number of nitrogens with zero attached hydrogens (tertiary/aromatic N) is 1. The Morgan fingerprint density at radius 2 is 1.64 bits per heavy atom. The van der Waals surface area contributed by atoms with Gasteiger partial charge in [0.05, 0.1) is 36.9 Å². The van der Waals surface area contributed by atoms with E-state index < -0.39 is 22.0 Å². The van der Waals surface area contributed by atoms with Crippen molar-refractivity contribution in [3.63, 3.8) is 0 Å². The Labute approximate surface area is 174 Å². The summed E-state index contributed by atoms with van der Waals surface area (Å²) in [6.45, 7) is 1.48. The molecule has 10 heteroatoms. The van der Waals surface area contributed by atoms with Gasteiger partial charge in [-0.3, -0.25) is 9.10 Å². The molecule has 28 heavy (non-hydrogen) atoms. The largest absolute Gasteiger partial charge is 0.495 e. The Balaban J connectivity index is 2.37. The minimum absolute atomic E-state index is 0.296. The van der Waals surface area contributed by atoms with Gasteiger partial charge in [0.2, 0.25) is 15.9 Å². The van der Waals surface area contributed by atoms with Crippen molar-refractivity contribution in [3.05, 3.63) is 46.4 Å². The van der Waals surface area contributed by atoms with E-state index in [0.29, 0.717) is 32.9 Å².